The number of hydrogen-bond acceptors (Lipinski definition) is 3. The summed E-state index contributed by atoms with van der Waals surface area (Å²) in [5, 5.41) is 8.64. The summed E-state index contributed by atoms with van der Waals surface area (Å²) in [5.74, 6) is 0.892. The number of rotatable bonds is 7. The van der Waals surface area contributed by atoms with Gasteiger partial charge in [-0.25, -0.2) is 0 Å². The third kappa shape index (κ3) is 4.27. The van der Waals surface area contributed by atoms with Gasteiger partial charge in [0.25, 0.3) is 0 Å². The average molecular weight is 272 g/mol. The van der Waals surface area contributed by atoms with Crippen LogP contribution in [0.15, 0.2) is 24.3 Å². The summed E-state index contributed by atoms with van der Waals surface area (Å²) in [4.78, 5) is 14.0. The maximum atomic E-state index is 12.1. The number of benzene rings is 1. The first-order chi connectivity index (χ1) is 9.70. The number of nitriles is 1. The van der Waals surface area contributed by atoms with Crippen LogP contribution in [-0.2, 0) is 4.79 Å². The van der Waals surface area contributed by atoms with Crippen LogP contribution < -0.4 is 4.74 Å². The normalized spacial score (nSPS) is 13.6. The summed E-state index contributed by atoms with van der Waals surface area (Å²) < 4.78 is 5.60. The van der Waals surface area contributed by atoms with Crippen molar-refractivity contribution >= 4 is 5.91 Å². The van der Waals surface area contributed by atoms with Crippen molar-refractivity contribution in [1.82, 2.24) is 4.90 Å². The summed E-state index contributed by atoms with van der Waals surface area (Å²) in [6.07, 6.45) is 2.91. The van der Waals surface area contributed by atoms with Gasteiger partial charge in [0.15, 0.2) is 0 Å². The molecule has 0 aromatic heterocycles. The highest BCUT2D eigenvalue weighted by Gasteiger charge is 2.31. The topological polar surface area (TPSA) is 53.3 Å². The first-order valence-corrected chi connectivity index (χ1v) is 7.06. The Hall–Kier alpha value is -2.02. The van der Waals surface area contributed by atoms with Crippen LogP contribution in [0.25, 0.3) is 0 Å². The molecule has 1 aliphatic rings. The second-order valence-electron chi connectivity index (χ2n) is 5.14. The Labute approximate surface area is 120 Å². The van der Waals surface area contributed by atoms with Gasteiger partial charge in [-0.1, -0.05) is 12.1 Å². The van der Waals surface area contributed by atoms with E-state index >= 15 is 0 Å². The number of hydrogen-bond donors (Lipinski definition) is 0. The molecule has 1 aliphatic carbocycles. The van der Waals surface area contributed by atoms with E-state index in [1.807, 2.05) is 36.1 Å². The summed E-state index contributed by atoms with van der Waals surface area (Å²) in [6, 6.07) is 10.3. The molecule has 4 heteroatoms. The Bertz CT molecular complexity index is 503. The molecule has 4 nitrogen and oxygen atoms in total. The van der Waals surface area contributed by atoms with Gasteiger partial charge >= 0.3 is 0 Å². The van der Waals surface area contributed by atoms with Gasteiger partial charge in [-0.2, -0.15) is 5.26 Å². The molecule has 1 fully saturated rings. The van der Waals surface area contributed by atoms with Crippen molar-refractivity contribution in [1.29, 1.82) is 5.26 Å². The van der Waals surface area contributed by atoms with Crippen LogP contribution in [0, 0.1) is 18.3 Å². The molecule has 1 saturated carbocycles. The Morgan fingerprint density at radius 2 is 2.30 bits per heavy atom. The lowest BCUT2D eigenvalue weighted by Gasteiger charge is -2.21. The molecule has 1 aromatic carbocycles. The highest BCUT2D eigenvalue weighted by atomic mass is 16.5. The van der Waals surface area contributed by atoms with Gasteiger partial charge in [0.05, 0.1) is 25.5 Å². The van der Waals surface area contributed by atoms with E-state index in [1.54, 1.807) is 0 Å². The minimum absolute atomic E-state index is 0.0930. The molecule has 0 atom stereocenters. The molecule has 106 valence electrons. The molecule has 0 unspecified atom stereocenters. The van der Waals surface area contributed by atoms with Gasteiger partial charge in [0, 0.05) is 12.6 Å². The van der Waals surface area contributed by atoms with E-state index < -0.39 is 0 Å². The number of amides is 1. The van der Waals surface area contributed by atoms with Gasteiger partial charge in [0.1, 0.15) is 5.75 Å². The van der Waals surface area contributed by atoms with Crippen LogP contribution in [-0.4, -0.2) is 30.0 Å². The molecule has 0 N–H and O–H groups in total. The van der Waals surface area contributed by atoms with Crippen LogP contribution in [0.5, 0.6) is 5.75 Å². The fourth-order valence-electron chi connectivity index (χ4n) is 2.17. The van der Waals surface area contributed by atoms with Gasteiger partial charge in [-0.15, -0.1) is 0 Å². The van der Waals surface area contributed by atoms with Crippen molar-refractivity contribution in [3.8, 4) is 11.8 Å². The molecule has 2 rings (SSSR count). The Balaban J connectivity index is 1.77. The Morgan fingerprint density at radius 3 is 2.95 bits per heavy atom. The second kappa shape index (κ2) is 6.95. The smallest absolute Gasteiger partial charge is 0.226 e. The molecule has 20 heavy (non-hydrogen) atoms. The van der Waals surface area contributed by atoms with E-state index in [9.17, 15) is 4.79 Å². The van der Waals surface area contributed by atoms with Crippen LogP contribution in [0.4, 0.5) is 0 Å². The zero-order chi connectivity index (χ0) is 14.4. The second-order valence-corrected chi connectivity index (χ2v) is 5.14. The van der Waals surface area contributed by atoms with E-state index in [1.165, 1.54) is 0 Å². The lowest BCUT2D eigenvalue weighted by molar-refractivity contribution is -0.132. The molecule has 0 saturated heterocycles. The van der Waals surface area contributed by atoms with E-state index in [0.29, 0.717) is 32.0 Å². The summed E-state index contributed by atoms with van der Waals surface area (Å²) in [5.41, 5.74) is 1.14. The summed E-state index contributed by atoms with van der Waals surface area (Å²) >= 11 is 0. The minimum Gasteiger partial charge on any atom is -0.493 e. The first-order valence-electron chi connectivity index (χ1n) is 7.06. The predicted molar refractivity (Wildman–Crippen MR) is 76.3 cm³/mol. The van der Waals surface area contributed by atoms with Gasteiger partial charge < -0.3 is 9.64 Å². The number of nitrogens with zero attached hydrogens (tertiary/aromatic N) is 2. The minimum atomic E-state index is 0.0930. The molecule has 1 aromatic rings. The number of carbonyl (C=O) groups excluding carboxylic acids is 1. The molecule has 0 radical (unpaired) electrons. The van der Waals surface area contributed by atoms with E-state index in [2.05, 4.69) is 6.07 Å². The molecular formula is C16H20N2O2. The predicted octanol–water partition coefficient (Wildman–Crippen LogP) is 2.67. The quantitative estimate of drug-likeness (QED) is 0.766. The van der Waals surface area contributed by atoms with Gasteiger partial charge in [-0.05, 0) is 37.5 Å². The van der Waals surface area contributed by atoms with Crippen LogP contribution >= 0.6 is 0 Å². The largest absolute Gasteiger partial charge is 0.493 e. The maximum Gasteiger partial charge on any atom is 0.226 e. The third-order valence-corrected chi connectivity index (χ3v) is 3.35. The molecule has 0 spiro atoms. The fraction of sp³-hybridized carbons (Fsp3) is 0.500. The Kier molecular flexibility index (Phi) is 5.00. The van der Waals surface area contributed by atoms with Gasteiger partial charge in [0.2, 0.25) is 5.91 Å². The fourth-order valence-corrected chi connectivity index (χ4v) is 2.17. The van der Waals surface area contributed by atoms with Crippen molar-refractivity contribution in [2.45, 2.75) is 38.6 Å². The molecule has 0 aliphatic heterocycles. The lowest BCUT2D eigenvalue weighted by atomic mass is 10.2. The monoisotopic (exact) mass is 272 g/mol. The molecular weight excluding hydrogens is 252 g/mol. The van der Waals surface area contributed by atoms with E-state index in [-0.39, 0.29) is 5.91 Å². The summed E-state index contributed by atoms with van der Waals surface area (Å²) in [6.45, 7) is 2.94. The van der Waals surface area contributed by atoms with Crippen molar-refractivity contribution in [2.75, 3.05) is 13.2 Å². The molecule has 1 amide bonds. The highest BCUT2D eigenvalue weighted by Crippen LogP contribution is 2.27. The molecule has 0 heterocycles. The third-order valence-electron chi connectivity index (χ3n) is 3.35. The number of aryl methyl sites for hydroxylation is 1. The SMILES string of the molecule is Cc1cccc(OCCC(=O)N(CCC#N)C2CC2)c1. The zero-order valence-corrected chi connectivity index (χ0v) is 11.8. The van der Waals surface area contributed by atoms with Crippen molar-refractivity contribution in [3.05, 3.63) is 29.8 Å². The highest BCUT2D eigenvalue weighted by molar-refractivity contribution is 5.77. The standard InChI is InChI=1S/C16H20N2O2/c1-13-4-2-5-15(12-13)20-11-8-16(19)18(10-3-9-17)14-6-7-14/h2,4-5,12,14H,3,6-8,10-11H2,1H3. The van der Waals surface area contributed by atoms with E-state index in [4.69, 9.17) is 10.00 Å². The van der Waals surface area contributed by atoms with Crippen molar-refractivity contribution in [2.24, 2.45) is 0 Å². The van der Waals surface area contributed by atoms with Crippen LogP contribution in [0.1, 0.15) is 31.2 Å². The van der Waals surface area contributed by atoms with Crippen LogP contribution in [0.2, 0.25) is 0 Å². The zero-order valence-electron chi connectivity index (χ0n) is 11.8. The van der Waals surface area contributed by atoms with Gasteiger partial charge in [-0.3, -0.25) is 4.79 Å². The lowest BCUT2D eigenvalue weighted by Crippen LogP contribution is -2.34. The Morgan fingerprint density at radius 1 is 1.50 bits per heavy atom. The number of carbonyl (C=O) groups is 1. The first kappa shape index (κ1) is 14.4. The molecule has 0 bridgehead atoms. The number of ether oxygens (including phenoxy) is 1. The summed E-state index contributed by atoms with van der Waals surface area (Å²) in [7, 11) is 0. The average Bonchev–Trinajstić information content (AvgIpc) is 3.24. The van der Waals surface area contributed by atoms with Crippen molar-refractivity contribution < 1.29 is 9.53 Å². The van der Waals surface area contributed by atoms with Crippen molar-refractivity contribution in [3.63, 3.8) is 0 Å². The van der Waals surface area contributed by atoms with E-state index in [0.717, 1.165) is 24.2 Å². The van der Waals surface area contributed by atoms with Crippen LogP contribution in [0.3, 0.4) is 0 Å². The maximum absolute atomic E-state index is 12.1.